The van der Waals surface area contributed by atoms with Gasteiger partial charge in [0.15, 0.2) is 0 Å². The van der Waals surface area contributed by atoms with Gasteiger partial charge < -0.3 is 10.1 Å². The van der Waals surface area contributed by atoms with Gasteiger partial charge in [-0.3, -0.25) is 4.79 Å². The SMILES string of the molecule is COC(=O)[C@H](Cc1ccc(F)cc1)NC(=O)Cc1ccc(F)cc1. The molecule has 0 saturated carbocycles. The molecule has 0 aromatic heterocycles. The first-order valence-electron chi connectivity index (χ1n) is 7.34. The molecule has 0 aliphatic heterocycles. The third-order valence-corrected chi connectivity index (χ3v) is 3.45. The van der Waals surface area contributed by atoms with E-state index in [0.29, 0.717) is 11.1 Å². The van der Waals surface area contributed by atoms with Crippen LogP contribution in [0.1, 0.15) is 11.1 Å². The van der Waals surface area contributed by atoms with Gasteiger partial charge in [-0.1, -0.05) is 24.3 Å². The quantitative estimate of drug-likeness (QED) is 0.826. The van der Waals surface area contributed by atoms with E-state index < -0.39 is 12.0 Å². The Labute approximate surface area is 138 Å². The van der Waals surface area contributed by atoms with Crippen LogP contribution in [-0.2, 0) is 27.2 Å². The fourth-order valence-electron chi connectivity index (χ4n) is 2.22. The Balaban J connectivity index is 2.02. The van der Waals surface area contributed by atoms with Crippen molar-refractivity contribution in [1.82, 2.24) is 5.32 Å². The number of nitrogens with one attached hydrogen (secondary N) is 1. The molecule has 0 aliphatic rings. The number of benzene rings is 2. The predicted molar refractivity (Wildman–Crippen MR) is 84.2 cm³/mol. The van der Waals surface area contributed by atoms with Crippen molar-refractivity contribution in [2.24, 2.45) is 0 Å². The first kappa shape index (κ1) is 17.6. The maximum Gasteiger partial charge on any atom is 0.328 e. The first-order valence-corrected chi connectivity index (χ1v) is 7.34. The topological polar surface area (TPSA) is 55.4 Å². The van der Waals surface area contributed by atoms with Crippen molar-refractivity contribution < 1.29 is 23.1 Å². The highest BCUT2D eigenvalue weighted by Gasteiger charge is 2.22. The van der Waals surface area contributed by atoms with E-state index in [1.165, 1.54) is 55.6 Å². The second kappa shape index (κ2) is 8.19. The molecule has 0 heterocycles. The minimum Gasteiger partial charge on any atom is -0.467 e. The maximum absolute atomic E-state index is 12.9. The molecule has 1 atom stereocenters. The highest BCUT2D eigenvalue weighted by atomic mass is 19.1. The number of esters is 1. The van der Waals surface area contributed by atoms with Gasteiger partial charge in [-0.2, -0.15) is 0 Å². The van der Waals surface area contributed by atoms with E-state index in [2.05, 4.69) is 5.32 Å². The lowest BCUT2D eigenvalue weighted by atomic mass is 10.1. The molecule has 126 valence electrons. The standard InChI is InChI=1S/C18H17F2NO3/c1-24-18(23)16(10-12-2-6-14(19)7-3-12)21-17(22)11-13-4-8-15(20)9-5-13/h2-9,16H,10-11H2,1H3,(H,21,22)/t16-/m0/s1. The summed E-state index contributed by atoms with van der Waals surface area (Å²) in [5.41, 5.74) is 1.31. The lowest BCUT2D eigenvalue weighted by Gasteiger charge is -2.16. The van der Waals surface area contributed by atoms with Crippen LogP contribution in [0, 0.1) is 11.6 Å². The van der Waals surface area contributed by atoms with Gasteiger partial charge in [0.05, 0.1) is 13.5 Å². The van der Waals surface area contributed by atoms with E-state index >= 15 is 0 Å². The van der Waals surface area contributed by atoms with Crippen molar-refractivity contribution in [2.45, 2.75) is 18.9 Å². The highest BCUT2D eigenvalue weighted by molar-refractivity contribution is 5.85. The number of hydrogen-bond acceptors (Lipinski definition) is 3. The molecule has 0 spiro atoms. The molecule has 2 aromatic rings. The fraction of sp³-hybridized carbons (Fsp3) is 0.222. The number of amides is 1. The van der Waals surface area contributed by atoms with E-state index in [-0.39, 0.29) is 30.4 Å². The minimum absolute atomic E-state index is 0.0111. The summed E-state index contributed by atoms with van der Waals surface area (Å²) in [4.78, 5) is 24.0. The smallest absolute Gasteiger partial charge is 0.328 e. The molecular formula is C18H17F2NO3. The molecule has 0 aliphatic carbocycles. The Kier molecular flexibility index (Phi) is 6.01. The zero-order valence-electron chi connectivity index (χ0n) is 13.1. The number of rotatable bonds is 6. The zero-order chi connectivity index (χ0) is 17.5. The predicted octanol–water partition coefficient (Wildman–Crippen LogP) is 2.41. The van der Waals surface area contributed by atoms with E-state index in [1.54, 1.807) is 0 Å². The van der Waals surface area contributed by atoms with Crippen LogP contribution in [0.4, 0.5) is 8.78 Å². The lowest BCUT2D eigenvalue weighted by molar-refractivity contribution is -0.145. The average Bonchev–Trinajstić information content (AvgIpc) is 2.57. The summed E-state index contributed by atoms with van der Waals surface area (Å²) < 4.78 is 30.5. The highest BCUT2D eigenvalue weighted by Crippen LogP contribution is 2.08. The normalized spacial score (nSPS) is 11.6. The number of ether oxygens (including phenoxy) is 1. The van der Waals surface area contributed by atoms with Crippen LogP contribution in [0.15, 0.2) is 48.5 Å². The third kappa shape index (κ3) is 5.15. The van der Waals surface area contributed by atoms with Gasteiger partial charge in [0.25, 0.3) is 0 Å². The van der Waals surface area contributed by atoms with E-state index in [4.69, 9.17) is 4.74 Å². The molecule has 0 bridgehead atoms. The average molecular weight is 333 g/mol. The summed E-state index contributed by atoms with van der Waals surface area (Å²) in [5.74, 6) is -1.75. The number of halogens is 2. The maximum atomic E-state index is 12.9. The van der Waals surface area contributed by atoms with Crippen molar-refractivity contribution in [3.63, 3.8) is 0 Å². The van der Waals surface area contributed by atoms with Crippen molar-refractivity contribution in [3.05, 3.63) is 71.3 Å². The van der Waals surface area contributed by atoms with E-state index in [1.807, 2.05) is 0 Å². The Hall–Kier alpha value is -2.76. The summed E-state index contributed by atoms with van der Waals surface area (Å²) in [7, 11) is 1.23. The van der Waals surface area contributed by atoms with Gasteiger partial charge in [-0.05, 0) is 35.4 Å². The van der Waals surface area contributed by atoms with E-state index in [0.717, 1.165) is 0 Å². The molecule has 0 fully saturated rings. The van der Waals surface area contributed by atoms with Crippen LogP contribution in [0.2, 0.25) is 0 Å². The van der Waals surface area contributed by atoms with Crippen LogP contribution in [0.25, 0.3) is 0 Å². The summed E-state index contributed by atoms with van der Waals surface area (Å²) in [5, 5.41) is 2.59. The van der Waals surface area contributed by atoms with Crippen LogP contribution < -0.4 is 5.32 Å². The Morgan fingerprint density at radius 2 is 1.46 bits per heavy atom. The van der Waals surface area contributed by atoms with Gasteiger partial charge in [0.2, 0.25) is 5.91 Å². The lowest BCUT2D eigenvalue weighted by Crippen LogP contribution is -2.43. The molecule has 6 heteroatoms. The zero-order valence-corrected chi connectivity index (χ0v) is 13.1. The van der Waals surface area contributed by atoms with Gasteiger partial charge in [0, 0.05) is 6.42 Å². The monoisotopic (exact) mass is 333 g/mol. The molecule has 0 saturated heterocycles. The van der Waals surface area contributed by atoms with Crippen molar-refractivity contribution in [2.75, 3.05) is 7.11 Å². The second-order valence-electron chi connectivity index (χ2n) is 5.28. The molecule has 0 unspecified atom stereocenters. The molecule has 2 aromatic carbocycles. The molecule has 1 N–H and O–H groups in total. The van der Waals surface area contributed by atoms with Crippen LogP contribution in [0.5, 0.6) is 0 Å². The third-order valence-electron chi connectivity index (χ3n) is 3.45. The molecule has 24 heavy (non-hydrogen) atoms. The van der Waals surface area contributed by atoms with Crippen molar-refractivity contribution in [1.29, 1.82) is 0 Å². The summed E-state index contributed by atoms with van der Waals surface area (Å²) in [6.45, 7) is 0. The molecule has 1 amide bonds. The molecule has 4 nitrogen and oxygen atoms in total. The Morgan fingerprint density at radius 3 is 1.96 bits per heavy atom. The second-order valence-corrected chi connectivity index (χ2v) is 5.28. The number of hydrogen-bond donors (Lipinski definition) is 1. The van der Waals surface area contributed by atoms with Crippen LogP contribution in [0.3, 0.4) is 0 Å². The van der Waals surface area contributed by atoms with Crippen molar-refractivity contribution >= 4 is 11.9 Å². The first-order chi connectivity index (χ1) is 11.5. The van der Waals surface area contributed by atoms with Crippen molar-refractivity contribution in [3.8, 4) is 0 Å². The largest absolute Gasteiger partial charge is 0.467 e. The summed E-state index contributed by atoms with van der Waals surface area (Å²) in [6, 6.07) is 10.3. The van der Waals surface area contributed by atoms with Crippen LogP contribution >= 0.6 is 0 Å². The minimum atomic E-state index is -0.881. The number of carbonyl (C=O) groups excluding carboxylic acids is 2. The molecule has 0 radical (unpaired) electrons. The molecular weight excluding hydrogens is 316 g/mol. The van der Waals surface area contributed by atoms with Crippen LogP contribution in [-0.4, -0.2) is 25.0 Å². The Morgan fingerprint density at radius 1 is 0.958 bits per heavy atom. The van der Waals surface area contributed by atoms with Gasteiger partial charge in [-0.25, -0.2) is 13.6 Å². The number of carbonyl (C=O) groups is 2. The van der Waals surface area contributed by atoms with Gasteiger partial charge in [-0.15, -0.1) is 0 Å². The molecule has 2 rings (SSSR count). The summed E-state index contributed by atoms with van der Waals surface area (Å²) in [6.07, 6.45) is 0.194. The number of methoxy groups -OCH3 is 1. The Bertz CT molecular complexity index is 699. The van der Waals surface area contributed by atoms with Gasteiger partial charge >= 0.3 is 5.97 Å². The fourth-order valence-corrected chi connectivity index (χ4v) is 2.22. The van der Waals surface area contributed by atoms with Gasteiger partial charge in [0.1, 0.15) is 17.7 Å². The van der Waals surface area contributed by atoms with E-state index in [9.17, 15) is 18.4 Å². The summed E-state index contributed by atoms with van der Waals surface area (Å²) >= 11 is 0.